The van der Waals surface area contributed by atoms with Gasteiger partial charge in [0.1, 0.15) is 11.1 Å². The minimum atomic E-state index is -0.420. The molecule has 0 aliphatic carbocycles. The molecule has 0 spiro atoms. The highest BCUT2D eigenvalue weighted by Gasteiger charge is 2.29. The molecule has 11 heteroatoms. The zero-order chi connectivity index (χ0) is 27.6. The molecule has 5 aromatic heterocycles. The molecule has 0 amide bonds. The summed E-state index contributed by atoms with van der Waals surface area (Å²) < 4.78 is 18.2. The minimum Gasteiger partial charge on any atom is -0.394 e. The number of hydrogen-bond acceptors (Lipinski definition) is 8. The summed E-state index contributed by atoms with van der Waals surface area (Å²) in [4.78, 5) is 11.6. The van der Waals surface area contributed by atoms with Crippen molar-refractivity contribution in [2.75, 3.05) is 19.7 Å². The second kappa shape index (κ2) is 11.2. The normalized spacial score (nSPS) is 15.3. The molecular formula is C29H27FN8OS. The lowest BCUT2D eigenvalue weighted by molar-refractivity contribution is 0.0833. The zero-order valence-corrected chi connectivity index (χ0v) is 22.7. The maximum absolute atomic E-state index is 14.5. The van der Waals surface area contributed by atoms with Gasteiger partial charge in [0, 0.05) is 53.4 Å². The predicted molar refractivity (Wildman–Crippen MR) is 148 cm³/mol. The van der Waals surface area contributed by atoms with Gasteiger partial charge in [-0.3, -0.25) is 14.6 Å². The van der Waals surface area contributed by atoms with Crippen molar-refractivity contribution in [2.24, 2.45) is 0 Å². The van der Waals surface area contributed by atoms with E-state index in [1.807, 2.05) is 36.7 Å². The molecule has 1 N–H and O–H groups in total. The Bertz CT molecular complexity index is 1690. The van der Waals surface area contributed by atoms with Gasteiger partial charge >= 0.3 is 0 Å². The number of aromatic nitrogens is 6. The van der Waals surface area contributed by atoms with Gasteiger partial charge in [0.15, 0.2) is 5.82 Å². The monoisotopic (exact) mass is 554 g/mol. The molecule has 0 aromatic carbocycles. The van der Waals surface area contributed by atoms with E-state index < -0.39 is 5.82 Å². The van der Waals surface area contributed by atoms with Crippen molar-refractivity contribution >= 4 is 17.3 Å². The largest absolute Gasteiger partial charge is 0.394 e. The van der Waals surface area contributed by atoms with Crippen LogP contribution in [-0.4, -0.2) is 59.1 Å². The van der Waals surface area contributed by atoms with Gasteiger partial charge in [-0.2, -0.15) is 15.5 Å². The van der Waals surface area contributed by atoms with Crippen LogP contribution < -0.4 is 0 Å². The molecule has 0 saturated carbocycles. The predicted octanol–water partition coefficient (Wildman–Crippen LogP) is 4.83. The number of aliphatic hydroxyl groups is 1. The van der Waals surface area contributed by atoms with Crippen molar-refractivity contribution in [3.63, 3.8) is 0 Å². The number of aliphatic hydroxyl groups excluding tert-OH is 1. The molecule has 0 bridgehead atoms. The van der Waals surface area contributed by atoms with E-state index in [-0.39, 0.29) is 23.7 Å². The van der Waals surface area contributed by atoms with Gasteiger partial charge in [-0.25, -0.2) is 13.9 Å². The van der Waals surface area contributed by atoms with Gasteiger partial charge in [0.25, 0.3) is 0 Å². The number of halogens is 1. The molecule has 1 atom stereocenters. The fourth-order valence-electron chi connectivity index (χ4n) is 5.43. The van der Waals surface area contributed by atoms with E-state index in [9.17, 15) is 14.8 Å². The molecule has 1 saturated heterocycles. The maximum Gasteiger partial charge on any atom is 0.155 e. The second-order valence-corrected chi connectivity index (χ2v) is 10.8. The number of piperidine rings is 1. The lowest BCUT2D eigenvalue weighted by Crippen LogP contribution is -2.39. The van der Waals surface area contributed by atoms with E-state index >= 15 is 0 Å². The van der Waals surface area contributed by atoms with Crippen LogP contribution in [0.2, 0.25) is 0 Å². The Morgan fingerprint density at radius 1 is 1.12 bits per heavy atom. The number of pyridine rings is 3. The summed E-state index contributed by atoms with van der Waals surface area (Å²) in [6.45, 7) is 3.73. The number of likely N-dealkylation sites (tertiary alicyclic amines) is 1. The Morgan fingerprint density at radius 2 is 1.95 bits per heavy atom. The molecule has 1 fully saturated rings. The van der Waals surface area contributed by atoms with Gasteiger partial charge in [-0.05, 0) is 50.1 Å². The molecule has 0 unspecified atom stereocenters. The molecule has 0 radical (unpaired) electrons. The van der Waals surface area contributed by atoms with Crippen LogP contribution in [0.25, 0.3) is 16.6 Å². The lowest BCUT2D eigenvalue weighted by atomic mass is 10.0. The van der Waals surface area contributed by atoms with E-state index in [0.717, 1.165) is 48.4 Å². The average molecular weight is 555 g/mol. The Hall–Kier alpha value is -4.11. The van der Waals surface area contributed by atoms with Crippen molar-refractivity contribution in [1.29, 1.82) is 5.26 Å². The zero-order valence-electron chi connectivity index (χ0n) is 21.9. The first-order valence-corrected chi connectivity index (χ1v) is 13.9. The van der Waals surface area contributed by atoms with E-state index in [0.29, 0.717) is 16.0 Å². The average Bonchev–Trinajstić information content (AvgIpc) is 3.59. The Balaban J connectivity index is 1.27. The SMILES string of the molecule is Cc1c(-c2cc(Sc3ncccc3F)c3c(C#N)cnn3c2)cnn1C1CCN([C@@H](CO)c2ccccn2)CC1. The fourth-order valence-corrected chi connectivity index (χ4v) is 6.40. The number of nitriles is 1. The molecule has 6 heterocycles. The number of rotatable bonds is 7. The third-order valence-corrected chi connectivity index (χ3v) is 8.50. The first-order valence-electron chi connectivity index (χ1n) is 13.1. The summed E-state index contributed by atoms with van der Waals surface area (Å²) >= 11 is 1.17. The van der Waals surface area contributed by atoms with E-state index in [4.69, 9.17) is 5.10 Å². The summed E-state index contributed by atoms with van der Waals surface area (Å²) in [7, 11) is 0. The Labute approximate surface area is 234 Å². The highest BCUT2D eigenvalue weighted by molar-refractivity contribution is 7.99. The highest BCUT2D eigenvalue weighted by atomic mass is 32.2. The Kier molecular flexibility index (Phi) is 7.30. The highest BCUT2D eigenvalue weighted by Crippen LogP contribution is 2.37. The van der Waals surface area contributed by atoms with Crippen LogP contribution >= 0.6 is 11.8 Å². The standard InChI is InChI=1S/C29H27FN8OS/c1-19-23(16-35-38(19)22-7-11-36(12-8-22)26(18-39)25-6-2-3-9-32-25)20-13-27(40-29-24(30)5-4-10-33-29)28-21(14-31)15-34-37(28)17-20/h2-6,9-10,13,15-17,22,26,39H,7-8,11-12,18H2,1H3/t26-/m0/s1. The quantitative estimate of drug-likeness (QED) is 0.305. The van der Waals surface area contributed by atoms with Crippen LogP contribution in [0.5, 0.6) is 0 Å². The number of nitrogens with zero attached hydrogens (tertiary/aromatic N) is 8. The fraction of sp³-hybridized carbons (Fsp3) is 0.276. The number of fused-ring (bicyclic) bond motifs is 1. The van der Waals surface area contributed by atoms with Crippen LogP contribution in [0.1, 0.15) is 41.9 Å². The van der Waals surface area contributed by atoms with E-state index in [2.05, 4.69) is 37.6 Å². The van der Waals surface area contributed by atoms with Crippen molar-refractivity contribution < 1.29 is 9.50 Å². The van der Waals surface area contributed by atoms with E-state index in [1.165, 1.54) is 24.0 Å². The van der Waals surface area contributed by atoms with Crippen molar-refractivity contribution in [1.82, 2.24) is 34.3 Å². The topological polar surface area (TPSA) is 108 Å². The van der Waals surface area contributed by atoms with Crippen LogP contribution in [0.3, 0.4) is 0 Å². The third kappa shape index (κ3) is 4.86. The van der Waals surface area contributed by atoms with Crippen molar-refractivity contribution in [3.8, 4) is 17.2 Å². The lowest BCUT2D eigenvalue weighted by Gasteiger charge is -2.37. The second-order valence-electron chi connectivity index (χ2n) is 9.76. The maximum atomic E-state index is 14.5. The summed E-state index contributed by atoms with van der Waals surface area (Å²) in [5, 5.41) is 29.1. The molecule has 1 aliphatic heterocycles. The minimum absolute atomic E-state index is 0.0266. The van der Waals surface area contributed by atoms with Crippen molar-refractivity contribution in [3.05, 3.63) is 90.2 Å². The van der Waals surface area contributed by atoms with Gasteiger partial charge in [0.05, 0.1) is 47.9 Å². The molecule has 9 nitrogen and oxygen atoms in total. The smallest absolute Gasteiger partial charge is 0.155 e. The van der Waals surface area contributed by atoms with Crippen LogP contribution in [0.15, 0.2) is 77.3 Å². The summed E-state index contributed by atoms with van der Waals surface area (Å²) in [6, 6.07) is 13.0. The first-order chi connectivity index (χ1) is 19.6. The molecule has 1 aliphatic rings. The molecule has 5 aromatic rings. The summed E-state index contributed by atoms with van der Waals surface area (Å²) in [5.74, 6) is -0.420. The van der Waals surface area contributed by atoms with Crippen LogP contribution in [0.4, 0.5) is 4.39 Å². The molecule has 6 rings (SSSR count). The Morgan fingerprint density at radius 3 is 2.67 bits per heavy atom. The van der Waals surface area contributed by atoms with Crippen LogP contribution in [0, 0.1) is 24.1 Å². The van der Waals surface area contributed by atoms with Gasteiger partial charge in [-0.15, -0.1) is 0 Å². The third-order valence-electron chi connectivity index (χ3n) is 7.47. The molecule has 40 heavy (non-hydrogen) atoms. The van der Waals surface area contributed by atoms with Gasteiger partial charge in [0.2, 0.25) is 0 Å². The van der Waals surface area contributed by atoms with E-state index in [1.54, 1.807) is 23.0 Å². The first kappa shape index (κ1) is 26.1. The van der Waals surface area contributed by atoms with Gasteiger partial charge in [-0.1, -0.05) is 17.8 Å². The van der Waals surface area contributed by atoms with Crippen LogP contribution in [-0.2, 0) is 0 Å². The molecule has 202 valence electrons. The van der Waals surface area contributed by atoms with Crippen molar-refractivity contribution in [2.45, 2.75) is 41.8 Å². The summed E-state index contributed by atoms with van der Waals surface area (Å²) in [6.07, 6.45) is 10.4. The van der Waals surface area contributed by atoms with Gasteiger partial charge < -0.3 is 5.11 Å². The molecular weight excluding hydrogens is 527 g/mol. The summed E-state index contributed by atoms with van der Waals surface area (Å²) in [5.41, 5.74) is 4.75. The number of hydrogen-bond donors (Lipinski definition) is 1.